The topological polar surface area (TPSA) is 141 Å². The average molecular weight is 736 g/mol. The maximum Gasteiger partial charge on any atom is 0.246 e. The molecule has 4 fully saturated rings. The Morgan fingerprint density at radius 2 is 1.92 bits per heavy atom. The highest BCUT2D eigenvalue weighted by Crippen LogP contribution is 2.46. The number of sulfone groups is 1. The van der Waals surface area contributed by atoms with E-state index in [1.54, 1.807) is 19.2 Å². The number of ether oxygens (including phenoxy) is 1. The van der Waals surface area contributed by atoms with Crippen molar-refractivity contribution < 1.29 is 27.4 Å². The number of alkyl halides is 1. The number of hydrogen-bond donors (Lipinski definition) is 2. The molecule has 14 heteroatoms. The maximum atomic E-state index is 14.7. The van der Waals surface area contributed by atoms with Crippen molar-refractivity contribution >= 4 is 49.8 Å². The average Bonchev–Trinajstić information content (AvgIpc) is 3.58. The molecule has 2 N–H and O–H groups in total. The van der Waals surface area contributed by atoms with Crippen LogP contribution in [0.25, 0.3) is 10.8 Å². The Morgan fingerprint density at radius 1 is 1.13 bits per heavy atom. The molecule has 4 saturated heterocycles. The fraction of sp³-hybridized carbons (Fsp3) is 0.579. The van der Waals surface area contributed by atoms with Crippen LogP contribution in [0.1, 0.15) is 76.0 Å². The molecule has 4 aliphatic heterocycles. The van der Waals surface area contributed by atoms with E-state index in [4.69, 9.17) is 14.7 Å². The van der Waals surface area contributed by atoms with Gasteiger partial charge < -0.3 is 29.9 Å². The number of aliphatic hydroxyl groups is 1. The number of nitrogens with one attached hydrogen (secondary N) is 1. The van der Waals surface area contributed by atoms with E-state index in [2.05, 4.69) is 41.7 Å². The summed E-state index contributed by atoms with van der Waals surface area (Å²) in [6.07, 6.45) is 6.05. The summed E-state index contributed by atoms with van der Waals surface area (Å²) in [6, 6.07) is 5.83. The van der Waals surface area contributed by atoms with Crippen LogP contribution in [0, 0.1) is 5.92 Å². The summed E-state index contributed by atoms with van der Waals surface area (Å²) in [7, 11) is -1.78. The van der Waals surface area contributed by atoms with E-state index in [9.17, 15) is 22.7 Å². The number of aromatic nitrogens is 3. The summed E-state index contributed by atoms with van der Waals surface area (Å²) in [5.74, 6) is 1.44. The van der Waals surface area contributed by atoms with Crippen molar-refractivity contribution in [1.82, 2.24) is 19.9 Å². The van der Waals surface area contributed by atoms with Crippen LogP contribution in [-0.2, 0) is 19.4 Å². The summed E-state index contributed by atoms with van der Waals surface area (Å²) in [6.45, 7) is 12.3. The van der Waals surface area contributed by atoms with Gasteiger partial charge in [0.25, 0.3) is 0 Å². The quantitative estimate of drug-likeness (QED) is 0.285. The number of nitrogens with zero attached hydrogens (tertiary/aromatic N) is 6. The number of hydrogen-bond acceptors (Lipinski definition) is 11. The Bertz CT molecular complexity index is 1950. The lowest BCUT2D eigenvalue weighted by atomic mass is 9.84. The maximum absolute atomic E-state index is 14.7. The van der Waals surface area contributed by atoms with Gasteiger partial charge >= 0.3 is 0 Å². The normalized spacial score (nSPS) is 27.9. The standard InChI is InChI=1S/C38H50FN7O5S/c1-6-35(47)46-13-7-8-29(46)26-16-30(45-20-24(21-45)32-18-38(4,48)11-15-52(32,49)50)27-19-41-34(17-25(27)36(26)23(2)3)42-33-9-12-40-37(43-33)44-14-10-31(51-5)28(39)22-44/h6,9,12,16-17,19,23-24,28-29,31-32,48H,1,7-8,10-11,13-15,18,20-22H2,2-5H3,(H,40,41,42,43)/t28-,29+,31+,32+,38-/m0/s1. The number of fused-ring (bicyclic) bond motifs is 1. The number of anilines is 4. The van der Waals surface area contributed by atoms with Gasteiger partial charge in [0.2, 0.25) is 11.9 Å². The van der Waals surface area contributed by atoms with Gasteiger partial charge in [-0.25, -0.2) is 22.8 Å². The predicted molar refractivity (Wildman–Crippen MR) is 201 cm³/mol. The molecule has 5 atom stereocenters. The minimum atomic E-state index is -3.31. The van der Waals surface area contributed by atoms with Crippen LogP contribution in [0.3, 0.4) is 0 Å². The van der Waals surface area contributed by atoms with Gasteiger partial charge in [-0.15, -0.1) is 0 Å². The molecule has 0 spiro atoms. The highest BCUT2D eigenvalue weighted by molar-refractivity contribution is 7.92. The summed E-state index contributed by atoms with van der Waals surface area (Å²) in [5, 5.41) is 15.5. The smallest absolute Gasteiger partial charge is 0.246 e. The molecule has 0 radical (unpaired) electrons. The first kappa shape index (κ1) is 36.5. The van der Waals surface area contributed by atoms with Gasteiger partial charge in [-0.3, -0.25) is 4.79 Å². The van der Waals surface area contributed by atoms with Gasteiger partial charge in [0.1, 0.15) is 17.8 Å². The number of benzene rings is 1. The second kappa shape index (κ2) is 14.2. The van der Waals surface area contributed by atoms with Crippen LogP contribution in [-0.4, -0.2) is 108 Å². The Labute approximate surface area is 305 Å². The lowest BCUT2D eigenvalue weighted by Gasteiger charge is -2.48. The molecule has 12 nitrogen and oxygen atoms in total. The van der Waals surface area contributed by atoms with Gasteiger partial charge in [-0.1, -0.05) is 20.4 Å². The molecule has 7 rings (SSSR count). The molecular weight excluding hydrogens is 686 g/mol. The van der Waals surface area contributed by atoms with Crippen LogP contribution in [0.2, 0.25) is 0 Å². The Morgan fingerprint density at radius 3 is 2.63 bits per heavy atom. The number of piperidine rings is 1. The number of amides is 1. The van der Waals surface area contributed by atoms with E-state index >= 15 is 0 Å². The molecule has 1 aromatic carbocycles. The Kier molecular flexibility index (Phi) is 9.94. The molecule has 1 amide bonds. The summed E-state index contributed by atoms with van der Waals surface area (Å²) in [5.41, 5.74) is 2.16. The van der Waals surface area contributed by atoms with Crippen molar-refractivity contribution in [2.45, 2.75) is 88.0 Å². The molecule has 2 aromatic heterocycles. The molecule has 4 aliphatic rings. The van der Waals surface area contributed by atoms with Gasteiger partial charge in [-0.2, -0.15) is 4.98 Å². The van der Waals surface area contributed by atoms with Crippen LogP contribution >= 0.6 is 0 Å². The van der Waals surface area contributed by atoms with Crippen molar-refractivity contribution in [3.8, 4) is 0 Å². The van der Waals surface area contributed by atoms with Gasteiger partial charge in [-0.05, 0) is 85.7 Å². The fourth-order valence-electron chi connectivity index (χ4n) is 8.67. The second-order valence-electron chi connectivity index (χ2n) is 15.5. The van der Waals surface area contributed by atoms with Crippen LogP contribution in [0.4, 0.5) is 27.7 Å². The molecule has 6 heterocycles. The molecule has 0 saturated carbocycles. The number of pyridine rings is 1. The SMILES string of the molecule is C=CC(=O)N1CCC[C@@H]1c1cc(N2CC([C@H]3C[C@@](C)(O)CCS3(=O)=O)C2)c2cnc(Nc3ccnc(N4CC[C@@H](OC)[C@@H](F)C4)n3)cc2c1C(C)C. The van der Waals surface area contributed by atoms with Crippen LogP contribution in [0.15, 0.2) is 43.2 Å². The predicted octanol–water partition coefficient (Wildman–Crippen LogP) is 5.07. The van der Waals surface area contributed by atoms with E-state index in [0.717, 1.165) is 40.4 Å². The highest BCUT2D eigenvalue weighted by atomic mass is 32.2. The number of likely N-dealkylation sites (tertiary alicyclic amines) is 1. The highest BCUT2D eigenvalue weighted by Gasteiger charge is 2.48. The molecule has 0 unspecified atom stereocenters. The van der Waals surface area contributed by atoms with Crippen LogP contribution < -0.4 is 15.1 Å². The zero-order valence-corrected chi connectivity index (χ0v) is 31.3. The fourth-order valence-corrected chi connectivity index (χ4v) is 11.1. The third kappa shape index (κ3) is 6.96. The third-order valence-corrected chi connectivity index (χ3v) is 13.7. The minimum absolute atomic E-state index is 0.00237. The number of methoxy groups -OCH3 is 1. The summed E-state index contributed by atoms with van der Waals surface area (Å²) < 4.78 is 46.3. The van der Waals surface area contributed by atoms with Crippen molar-refractivity contribution in [2.75, 3.05) is 60.7 Å². The Balaban J connectivity index is 1.25. The largest absolute Gasteiger partial charge is 0.390 e. The van der Waals surface area contributed by atoms with Crippen molar-refractivity contribution in [3.63, 3.8) is 0 Å². The van der Waals surface area contributed by atoms with Gasteiger partial charge in [0.15, 0.2) is 9.84 Å². The van der Waals surface area contributed by atoms with Crippen LogP contribution in [0.5, 0.6) is 0 Å². The molecular formula is C38H50FN7O5S. The number of carbonyl (C=O) groups excluding carboxylic acids is 1. The zero-order chi connectivity index (χ0) is 36.9. The minimum Gasteiger partial charge on any atom is -0.390 e. The molecule has 52 heavy (non-hydrogen) atoms. The van der Waals surface area contributed by atoms with Crippen molar-refractivity contribution in [1.29, 1.82) is 0 Å². The molecule has 0 aliphatic carbocycles. The first-order valence-corrected chi connectivity index (χ1v) is 20.1. The van der Waals surface area contributed by atoms with E-state index in [1.807, 2.05) is 22.1 Å². The number of halogens is 1. The monoisotopic (exact) mass is 735 g/mol. The summed E-state index contributed by atoms with van der Waals surface area (Å²) in [4.78, 5) is 32.9. The lowest BCUT2D eigenvalue weighted by molar-refractivity contribution is -0.126. The second-order valence-corrected chi connectivity index (χ2v) is 17.8. The zero-order valence-electron chi connectivity index (χ0n) is 30.5. The number of rotatable bonds is 9. The van der Waals surface area contributed by atoms with E-state index in [1.165, 1.54) is 13.2 Å². The number of carbonyl (C=O) groups is 1. The first-order valence-electron chi connectivity index (χ1n) is 18.4. The van der Waals surface area contributed by atoms with E-state index in [0.29, 0.717) is 50.2 Å². The lowest BCUT2D eigenvalue weighted by Crippen LogP contribution is -2.57. The molecule has 3 aromatic rings. The van der Waals surface area contributed by atoms with Gasteiger partial charge in [0, 0.05) is 62.7 Å². The Hall–Kier alpha value is -3.88. The van der Waals surface area contributed by atoms with Gasteiger partial charge in [0.05, 0.1) is 35.3 Å². The third-order valence-electron chi connectivity index (χ3n) is 11.5. The first-order chi connectivity index (χ1) is 24.8. The van der Waals surface area contributed by atoms with E-state index < -0.39 is 33.0 Å². The molecule has 280 valence electrons. The van der Waals surface area contributed by atoms with Crippen molar-refractivity contribution in [2.24, 2.45) is 5.92 Å². The van der Waals surface area contributed by atoms with E-state index in [-0.39, 0.29) is 48.9 Å². The summed E-state index contributed by atoms with van der Waals surface area (Å²) >= 11 is 0. The molecule has 0 bridgehead atoms. The van der Waals surface area contributed by atoms with Crippen molar-refractivity contribution in [3.05, 3.63) is 54.4 Å².